The lowest BCUT2D eigenvalue weighted by atomic mass is 9.77. The summed E-state index contributed by atoms with van der Waals surface area (Å²) in [5.41, 5.74) is -0.633. The fourth-order valence-corrected chi connectivity index (χ4v) is 3.67. The molecule has 3 heterocycles. The van der Waals surface area contributed by atoms with Gasteiger partial charge >= 0.3 is 5.97 Å². The minimum Gasteiger partial charge on any atom is -0.466 e. The first kappa shape index (κ1) is 14.5. The number of esters is 1. The van der Waals surface area contributed by atoms with Gasteiger partial charge in [-0.1, -0.05) is 12.2 Å². The van der Waals surface area contributed by atoms with E-state index in [1.807, 2.05) is 12.2 Å². The molecule has 2 bridgehead atoms. The zero-order valence-electron chi connectivity index (χ0n) is 12.4. The Morgan fingerprint density at radius 3 is 3.10 bits per heavy atom. The lowest BCUT2D eigenvalue weighted by Crippen LogP contribution is -2.40. The molecule has 0 aromatic rings. The molecule has 1 spiro atoms. The molecule has 3 aliphatic rings. The molecule has 2 saturated heterocycles. The molecule has 2 fully saturated rings. The van der Waals surface area contributed by atoms with Crippen molar-refractivity contribution in [3.8, 4) is 0 Å². The van der Waals surface area contributed by atoms with E-state index < -0.39 is 17.4 Å². The van der Waals surface area contributed by atoms with E-state index in [0.717, 1.165) is 6.42 Å². The molecule has 0 aliphatic carbocycles. The third kappa shape index (κ3) is 2.17. The van der Waals surface area contributed by atoms with Gasteiger partial charge in [-0.15, -0.1) is 0 Å². The van der Waals surface area contributed by atoms with Crippen LogP contribution in [0.4, 0.5) is 0 Å². The van der Waals surface area contributed by atoms with Crippen LogP contribution in [0.5, 0.6) is 0 Å². The average Bonchev–Trinajstić information content (AvgIpc) is 3.08. The van der Waals surface area contributed by atoms with Crippen molar-refractivity contribution in [2.75, 3.05) is 33.4 Å². The summed E-state index contributed by atoms with van der Waals surface area (Å²) in [4.78, 5) is 26.6. The van der Waals surface area contributed by atoms with Crippen molar-refractivity contribution in [2.45, 2.75) is 25.0 Å². The summed E-state index contributed by atoms with van der Waals surface area (Å²) in [6, 6.07) is 0. The van der Waals surface area contributed by atoms with Crippen LogP contribution in [0, 0.1) is 11.8 Å². The van der Waals surface area contributed by atoms with Crippen LogP contribution in [0.25, 0.3) is 0 Å². The van der Waals surface area contributed by atoms with Gasteiger partial charge in [-0.25, -0.2) is 0 Å². The summed E-state index contributed by atoms with van der Waals surface area (Å²) < 4.78 is 16.1. The summed E-state index contributed by atoms with van der Waals surface area (Å²) in [7, 11) is 1.64. The van der Waals surface area contributed by atoms with E-state index in [-0.39, 0.29) is 18.0 Å². The molecule has 3 aliphatic heterocycles. The van der Waals surface area contributed by atoms with Crippen molar-refractivity contribution in [3.05, 3.63) is 12.2 Å². The van der Waals surface area contributed by atoms with E-state index in [2.05, 4.69) is 0 Å². The van der Waals surface area contributed by atoms with Crippen LogP contribution in [-0.2, 0) is 23.8 Å². The standard InChI is InChI=1S/C15H21NO5/c1-3-20-14(18)11-10-5-6-15(21-10)9-16(7-4-8-19-2)13(17)12(11)15/h5-6,10-12H,3-4,7-9H2,1-2H3/t10-,11+,12-,15?/m1/s1. The van der Waals surface area contributed by atoms with Crippen molar-refractivity contribution in [3.63, 3.8) is 0 Å². The quantitative estimate of drug-likeness (QED) is 0.402. The Balaban J connectivity index is 1.77. The van der Waals surface area contributed by atoms with Crippen LogP contribution in [0.15, 0.2) is 12.2 Å². The van der Waals surface area contributed by atoms with Gasteiger partial charge in [0, 0.05) is 20.3 Å². The smallest absolute Gasteiger partial charge is 0.312 e. The molecular formula is C15H21NO5. The summed E-state index contributed by atoms with van der Waals surface area (Å²) in [5.74, 6) is -1.27. The zero-order valence-corrected chi connectivity index (χ0v) is 12.4. The maximum Gasteiger partial charge on any atom is 0.312 e. The van der Waals surface area contributed by atoms with Crippen LogP contribution < -0.4 is 0 Å². The van der Waals surface area contributed by atoms with Gasteiger partial charge in [0.05, 0.1) is 25.2 Å². The highest BCUT2D eigenvalue weighted by Gasteiger charge is 2.67. The number of rotatable bonds is 6. The van der Waals surface area contributed by atoms with E-state index >= 15 is 0 Å². The van der Waals surface area contributed by atoms with Gasteiger partial charge in [-0.05, 0) is 13.3 Å². The Kier molecular flexibility index (Phi) is 3.75. The zero-order chi connectivity index (χ0) is 15.0. The molecule has 6 nitrogen and oxygen atoms in total. The first-order valence-electron chi connectivity index (χ1n) is 7.44. The molecule has 0 aromatic heterocycles. The molecule has 4 atom stereocenters. The monoisotopic (exact) mass is 295 g/mol. The number of likely N-dealkylation sites (tertiary alicyclic amines) is 1. The highest BCUT2D eigenvalue weighted by atomic mass is 16.6. The Hall–Kier alpha value is -1.40. The normalized spacial score (nSPS) is 36.4. The topological polar surface area (TPSA) is 65.1 Å². The van der Waals surface area contributed by atoms with Crippen molar-refractivity contribution >= 4 is 11.9 Å². The molecule has 0 aromatic carbocycles. The number of carbonyl (C=O) groups is 2. The molecule has 0 radical (unpaired) electrons. The first-order chi connectivity index (χ1) is 10.1. The molecule has 6 heteroatoms. The maximum atomic E-state index is 12.6. The van der Waals surface area contributed by atoms with E-state index in [0.29, 0.717) is 26.3 Å². The molecule has 0 N–H and O–H groups in total. The van der Waals surface area contributed by atoms with Crippen LogP contribution in [-0.4, -0.2) is 61.9 Å². The number of hydrogen-bond donors (Lipinski definition) is 0. The number of hydrogen-bond acceptors (Lipinski definition) is 5. The number of nitrogens with zero attached hydrogens (tertiary/aromatic N) is 1. The Morgan fingerprint density at radius 2 is 2.38 bits per heavy atom. The van der Waals surface area contributed by atoms with E-state index in [4.69, 9.17) is 14.2 Å². The summed E-state index contributed by atoms with van der Waals surface area (Å²) >= 11 is 0. The third-order valence-electron chi connectivity index (χ3n) is 4.51. The molecule has 3 rings (SSSR count). The van der Waals surface area contributed by atoms with E-state index in [9.17, 15) is 9.59 Å². The van der Waals surface area contributed by atoms with Crippen molar-refractivity contribution < 1.29 is 23.8 Å². The van der Waals surface area contributed by atoms with Gasteiger partial charge in [0.15, 0.2) is 0 Å². The highest BCUT2D eigenvalue weighted by Crippen LogP contribution is 2.52. The highest BCUT2D eigenvalue weighted by molar-refractivity contribution is 5.91. The van der Waals surface area contributed by atoms with Gasteiger partial charge in [-0.3, -0.25) is 9.59 Å². The predicted molar refractivity (Wildman–Crippen MR) is 73.4 cm³/mol. The number of ether oxygens (including phenoxy) is 3. The Labute approximate surface area is 124 Å². The average molecular weight is 295 g/mol. The molecule has 0 saturated carbocycles. The van der Waals surface area contributed by atoms with Crippen molar-refractivity contribution in [1.29, 1.82) is 0 Å². The van der Waals surface area contributed by atoms with Crippen molar-refractivity contribution in [2.24, 2.45) is 11.8 Å². The number of fused-ring (bicyclic) bond motifs is 1. The summed E-state index contributed by atoms with van der Waals surface area (Å²) in [6.07, 6.45) is 4.30. The molecular weight excluding hydrogens is 274 g/mol. The second-order valence-corrected chi connectivity index (χ2v) is 5.76. The number of amides is 1. The third-order valence-corrected chi connectivity index (χ3v) is 4.51. The van der Waals surface area contributed by atoms with Crippen LogP contribution >= 0.6 is 0 Å². The van der Waals surface area contributed by atoms with Gasteiger partial charge < -0.3 is 19.1 Å². The fraction of sp³-hybridized carbons (Fsp3) is 0.733. The van der Waals surface area contributed by atoms with E-state index in [1.54, 1.807) is 18.9 Å². The molecule has 116 valence electrons. The van der Waals surface area contributed by atoms with Gasteiger partial charge in [0.25, 0.3) is 0 Å². The minimum absolute atomic E-state index is 0.00370. The summed E-state index contributed by atoms with van der Waals surface area (Å²) in [6.45, 7) is 3.84. The second-order valence-electron chi connectivity index (χ2n) is 5.76. The van der Waals surface area contributed by atoms with E-state index in [1.165, 1.54) is 0 Å². The van der Waals surface area contributed by atoms with Crippen LogP contribution in [0.3, 0.4) is 0 Å². The van der Waals surface area contributed by atoms with Gasteiger partial charge in [0.2, 0.25) is 5.91 Å². The SMILES string of the molecule is CCOC(=O)[C@H]1[C@H]2C=CC3(CN(CCCOC)C(=O)[C@@H]13)O2. The van der Waals surface area contributed by atoms with Gasteiger partial charge in [0.1, 0.15) is 11.5 Å². The Bertz CT molecular complexity index is 477. The maximum absolute atomic E-state index is 12.6. The fourth-order valence-electron chi connectivity index (χ4n) is 3.67. The second kappa shape index (κ2) is 5.42. The van der Waals surface area contributed by atoms with Crippen LogP contribution in [0.2, 0.25) is 0 Å². The predicted octanol–water partition coefficient (Wildman–Crippen LogP) is 0.368. The minimum atomic E-state index is -0.633. The summed E-state index contributed by atoms with van der Waals surface area (Å²) in [5, 5.41) is 0. The van der Waals surface area contributed by atoms with Crippen LogP contribution in [0.1, 0.15) is 13.3 Å². The number of methoxy groups -OCH3 is 1. The molecule has 21 heavy (non-hydrogen) atoms. The first-order valence-corrected chi connectivity index (χ1v) is 7.44. The van der Waals surface area contributed by atoms with Crippen molar-refractivity contribution in [1.82, 2.24) is 4.90 Å². The van der Waals surface area contributed by atoms with Gasteiger partial charge in [-0.2, -0.15) is 0 Å². The molecule has 1 unspecified atom stereocenters. The number of carbonyl (C=O) groups excluding carboxylic acids is 2. The lowest BCUT2D eigenvalue weighted by molar-refractivity contribution is -0.153. The largest absolute Gasteiger partial charge is 0.466 e. The lowest BCUT2D eigenvalue weighted by Gasteiger charge is -2.22. The Morgan fingerprint density at radius 1 is 1.57 bits per heavy atom. The molecule has 1 amide bonds.